The molecule has 1 aromatic heterocycles. The van der Waals surface area contributed by atoms with E-state index in [0.29, 0.717) is 22.0 Å². The number of carbonyl (C=O) groups is 1. The molecule has 2 N–H and O–H groups in total. The number of aromatic amines is 1. The second-order valence-electron chi connectivity index (χ2n) is 6.49. The molecule has 0 spiro atoms. The second kappa shape index (κ2) is 8.97. The Morgan fingerprint density at radius 1 is 1.23 bits per heavy atom. The van der Waals surface area contributed by atoms with Gasteiger partial charge in [-0.1, -0.05) is 40.9 Å². The van der Waals surface area contributed by atoms with E-state index in [1.54, 1.807) is 13.8 Å². The number of rotatable bonds is 5. The van der Waals surface area contributed by atoms with Crippen LogP contribution in [0.5, 0.6) is 11.5 Å². The molecule has 0 saturated carbocycles. The first kappa shape index (κ1) is 22.0. The minimum absolute atomic E-state index is 0.0312. The fraction of sp³-hybridized carbons (Fsp3) is 0.143. The Kier molecular flexibility index (Phi) is 6.57. The van der Waals surface area contributed by atoms with Gasteiger partial charge in [-0.05, 0) is 43.7 Å². The monoisotopic (exact) mass is 465 g/mol. The molecule has 0 saturated heterocycles. The normalized spacial score (nSPS) is 10.6. The zero-order valence-electron chi connectivity index (χ0n) is 15.9. The van der Waals surface area contributed by atoms with Crippen LogP contribution < -0.4 is 10.1 Å². The Balaban J connectivity index is 1.82. The van der Waals surface area contributed by atoms with Gasteiger partial charge in [0.05, 0.1) is 21.7 Å². The third kappa shape index (κ3) is 4.54. The number of nitrogens with zero attached hydrogens (tertiary/aromatic N) is 1. The highest BCUT2D eigenvalue weighted by Crippen LogP contribution is 2.35. The van der Waals surface area contributed by atoms with E-state index in [9.17, 15) is 4.79 Å². The molecule has 30 heavy (non-hydrogen) atoms. The molecule has 2 aromatic carbocycles. The summed E-state index contributed by atoms with van der Waals surface area (Å²) in [5, 5.41) is 12.5. The zero-order valence-corrected chi connectivity index (χ0v) is 18.1. The number of aromatic nitrogens is 1. The number of nitriles is 1. The minimum Gasteiger partial charge on any atom is -0.453 e. The van der Waals surface area contributed by atoms with E-state index in [4.69, 9.17) is 44.8 Å². The lowest BCUT2D eigenvalue weighted by atomic mass is 10.1. The van der Waals surface area contributed by atoms with Crippen LogP contribution >= 0.6 is 34.8 Å². The van der Waals surface area contributed by atoms with Crippen molar-refractivity contribution in [3.63, 3.8) is 0 Å². The van der Waals surface area contributed by atoms with Crippen molar-refractivity contribution in [2.45, 2.75) is 20.4 Å². The molecule has 0 aliphatic heterocycles. The maximum Gasteiger partial charge on any atom is 0.268 e. The number of ether oxygens (including phenoxy) is 1. The smallest absolute Gasteiger partial charge is 0.268 e. The molecule has 3 rings (SSSR count). The van der Waals surface area contributed by atoms with Crippen LogP contribution in [0.25, 0.3) is 0 Å². The van der Waals surface area contributed by atoms with Gasteiger partial charge in [-0.3, -0.25) is 4.79 Å². The Hall–Kier alpha value is -2.72. The average Bonchev–Trinajstić information content (AvgIpc) is 2.97. The minimum atomic E-state index is -0.737. The highest BCUT2D eigenvalue weighted by molar-refractivity contribution is 6.33. The maximum absolute atomic E-state index is 15.0. The van der Waals surface area contributed by atoms with E-state index in [2.05, 4.69) is 10.3 Å². The summed E-state index contributed by atoms with van der Waals surface area (Å²) < 4.78 is 20.6. The fourth-order valence-electron chi connectivity index (χ4n) is 2.83. The van der Waals surface area contributed by atoms with Crippen molar-refractivity contribution in [1.82, 2.24) is 10.3 Å². The summed E-state index contributed by atoms with van der Waals surface area (Å²) >= 11 is 18.2. The van der Waals surface area contributed by atoms with Crippen molar-refractivity contribution < 1.29 is 13.9 Å². The molecule has 0 unspecified atom stereocenters. The van der Waals surface area contributed by atoms with E-state index < -0.39 is 11.7 Å². The average molecular weight is 467 g/mol. The molecule has 0 bridgehead atoms. The number of benzene rings is 2. The van der Waals surface area contributed by atoms with E-state index in [0.717, 1.165) is 0 Å². The molecule has 5 nitrogen and oxygen atoms in total. The standard InChI is InChI=1S/C21H15Cl3FN3O2/c1-10-17(24)11(2)28-19(10)21(29)27-9-13-3-4-16(23)20(18(13)25)30-15-6-12(8-26)5-14(22)7-15/h3-7,28H,9H2,1-2H3,(H,27,29). The quantitative estimate of drug-likeness (QED) is 0.461. The number of halogens is 4. The van der Waals surface area contributed by atoms with Crippen molar-refractivity contribution >= 4 is 40.7 Å². The van der Waals surface area contributed by atoms with Gasteiger partial charge in [0.15, 0.2) is 11.6 Å². The van der Waals surface area contributed by atoms with Gasteiger partial charge in [0.2, 0.25) is 0 Å². The highest BCUT2D eigenvalue weighted by Gasteiger charge is 2.19. The van der Waals surface area contributed by atoms with Gasteiger partial charge in [0.1, 0.15) is 11.4 Å². The van der Waals surface area contributed by atoms with Crippen molar-refractivity contribution in [2.24, 2.45) is 0 Å². The molecule has 0 fully saturated rings. The van der Waals surface area contributed by atoms with E-state index in [-0.39, 0.29) is 39.2 Å². The van der Waals surface area contributed by atoms with E-state index in [1.807, 2.05) is 6.07 Å². The van der Waals surface area contributed by atoms with Crippen LogP contribution in [0.3, 0.4) is 0 Å². The second-order valence-corrected chi connectivity index (χ2v) is 7.71. The molecule has 9 heteroatoms. The van der Waals surface area contributed by atoms with E-state index in [1.165, 1.54) is 30.3 Å². The van der Waals surface area contributed by atoms with Crippen molar-refractivity contribution in [2.75, 3.05) is 0 Å². The number of carbonyl (C=O) groups excluding carboxylic acids is 1. The van der Waals surface area contributed by atoms with Crippen molar-refractivity contribution in [1.29, 1.82) is 5.26 Å². The maximum atomic E-state index is 15.0. The molecule has 154 valence electrons. The first-order chi connectivity index (χ1) is 14.2. The van der Waals surface area contributed by atoms with Crippen LogP contribution in [0.2, 0.25) is 15.1 Å². The fourth-order valence-corrected chi connectivity index (χ4v) is 3.38. The summed E-state index contributed by atoms with van der Waals surface area (Å²) in [7, 11) is 0. The van der Waals surface area contributed by atoms with Gasteiger partial charge in [-0.25, -0.2) is 4.39 Å². The molecule has 0 atom stereocenters. The lowest BCUT2D eigenvalue weighted by molar-refractivity contribution is 0.0945. The lowest BCUT2D eigenvalue weighted by Crippen LogP contribution is -2.24. The molecule has 0 aliphatic carbocycles. The molecule has 1 heterocycles. The van der Waals surface area contributed by atoms with Crippen LogP contribution in [-0.4, -0.2) is 10.9 Å². The summed E-state index contributed by atoms with van der Waals surface area (Å²) in [6.45, 7) is 3.37. The van der Waals surface area contributed by atoms with Gasteiger partial charge in [0.25, 0.3) is 5.91 Å². The Labute approximate surface area is 187 Å². The van der Waals surface area contributed by atoms with Crippen LogP contribution in [0.15, 0.2) is 30.3 Å². The van der Waals surface area contributed by atoms with Crippen LogP contribution in [-0.2, 0) is 6.54 Å². The van der Waals surface area contributed by atoms with Crippen molar-refractivity contribution in [3.8, 4) is 17.6 Å². The summed E-state index contributed by atoms with van der Waals surface area (Å²) in [6, 6.07) is 9.15. The third-order valence-corrected chi connectivity index (χ3v) is 5.44. The number of nitrogens with one attached hydrogen (secondary N) is 2. The number of H-pyrrole nitrogens is 1. The van der Waals surface area contributed by atoms with Crippen molar-refractivity contribution in [3.05, 3.63) is 79.3 Å². The molecule has 3 aromatic rings. The molecule has 0 aliphatic rings. The summed E-state index contributed by atoms with van der Waals surface area (Å²) in [4.78, 5) is 15.4. The van der Waals surface area contributed by atoms with Gasteiger partial charge < -0.3 is 15.0 Å². The van der Waals surface area contributed by atoms with Crippen LogP contribution in [0.1, 0.15) is 32.9 Å². The lowest BCUT2D eigenvalue weighted by Gasteiger charge is -2.13. The van der Waals surface area contributed by atoms with Gasteiger partial charge in [-0.2, -0.15) is 5.26 Å². The van der Waals surface area contributed by atoms with Gasteiger partial charge in [0, 0.05) is 22.8 Å². The largest absolute Gasteiger partial charge is 0.453 e. The summed E-state index contributed by atoms with van der Waals surface area (Å²) in [5.74, 6) is -1.23. The molecule has 1 amide bonds. The first-order valence-electron chi connectivity index (χ1n) is 8.69. The number of amides is 1. The highest BCUT2D eigenvalue weighted by atomic mass is 35.5. The SMILES string of the molecule is Cc1[nH]c(C(=O)NCc2ccc(Cl)c(Oc3cc(Cl)cc(C#N)c3)c2F)c(C)c1Cl. The zero-order chi connectivity index (χ0) is 22.0. The Bertz CT molecular complexity index is 1190. The molecule has 0 radical (unpaired) electrons. The summed E-state index contributed by atoms with van der Waals surface area (Å²) in [6.07, 6.45) is 0. The first-order valence-corrected chi connectivity index (χ1v) is 9.83. The topological polar surface area (TPSA) is 77.9 Å². The van der Waals surface area contributed by atoms with Crippen LogP contribution in [0.4, 0.5) is 4.39 Å². The number of aryl methyl sites for hydroxylation is 1. The Morgan fingerprint density at radius 3 is 2.60 bits per heavy atom. The molecular formula is C21H15Cl3FN3O2. The number of hydrogen-bond donors (Lipinski definition) is 2. The molecular weight excluding hydrogens is 452 g/mol. The Morgan fingerprint density at radius 2 is 1.97 bits per heavy atom. The van der Waals surface area contributed by atoms with Crippen LogP contribution in [0, 0.1) is 31.0 Å². The number of hydrogen-bond acceptors (Lipinski definition) is 3. The van der Waals surface area contributed by atoms with Gasteiger partial charge >= 0.3 is 0 Å². The summed E-state index contributed by atoms with van der Waals surface area (Å²) in [5.41, 5.74) is 2.02. The predicted octanol–water partition coefficient (Wildman–Crippen LogP) is 6.32. The third-order valence-electron chi connectivity index (χ3n) is 4.36. The van der Waals surface area contributed by atoms with E-state index >= 15 is 4.39 Å². The predicted molar refractivity (Wildman–Crippen MR) is 114 cm³/mol. The van der Waals surface area contributed by atoms with Gasteiger partial charge in [-0.15, -0.1) is 0 Å².